The molecule has 0 saturated heterocycles. The molecule has 16 heavy (non-hydrogen) atoms. The van der Waals surface area contributed by atoms with Crippen molar-refractivity contribution in [3.63, 3.8) is 0 Å². The number of rotatable bonds is 4. The molecule has 1 rings (SSSR count). The van der Waals surface area contributed by atoms with E-state index in [1.54, 1.807) is 13.0 Å². The summed E-state index contributed by atoms with van der Waals surface area (Å²) in [7, 11) is 0. The molecule has 1 atom stereocenters. The number of benzene rings is 1. The number of nitrogens with one attached hydrogen (secondary N) is 1. The van der Waals surface area contributed by atoms with E-state index in [9.17, 15) is 13.2 Å². The lowest BCUT2D eigenvalue weighted by Crippen LogP contribution is -2.18. The van der Waals surface area contributed by atoms with Crippen LogP contribution in [0.25, 0.3) is 0 Å². The lowest BCUT2D eigenvalue weighted by Gasteiger charge is -2.12. The quantitative estimate of drug-likeness (QED) is 0.841. The highest BCUT2D eigenvalue weighted by Gasteiger charge is 2.31. The number of aliphatic hydroxyl groups is 1. The second-order valence-corrected chi connectivity index (χ2v) is 3.31. The van der Waals surface area contributed by atoms with Crippen LogP contribution in [0.3, 0.4) is 0 Å². The maximum absolute atomic E-state index is 11.9. The molecule has 0 unspecified atom stereocenters. The van der Waals surface area contributed by atoms with Gasteiger partial charge in [0, 0.05) is 18.3 Å². The number of hydrogen-bond acceptors (Lipinski definition) is 3. The van der Waals surface area contributed by atoms with Gasteiger partial charge >= 0.3 is 6.36 Å². The van der Waals surface area contributed by atoms with E-state index in [0.717, 1.165) is 0 Å². The maximum atomic E-state index is 11.9. The fourth-order valence-electron chi connectivity index (χ4n) is 1.07. The predicted octanol–water partition coefficient (Wildman–Crippen LogP) is 2.38. The van der Waals surface area contributed by atoms with E-state index in [1.165, 1.54) is 18.2 Å². The summed E-state index contributed by atoms with van der Waals surface area (Å²) in [4.78, 5) is 0. The normalized spacial score (nSPS) is 13.3. The third-order valence-corrected chi connectivity index (χ3v) is 1.67. The van der Waals surface area contributed by atoms with Crippen LogP contribution in [0.1, 0.15) is 6.92 Å². The number of anilines is 1. The molecule has 0 radical (unpaired) electrons. The van der Waals surface area contributed by atoms with Gasteiger partial charge in [0.1, 0.15) is 5.75 Å². The van der Waals surface area contributed by atoms with Crippen LogP contribution < -0.4 is 10.1 Å². The van der Waals surface area contributed by atoms with Gasteiger partial charge in [0.2, 0.25) is 0 Å². The third kappa shape index (κ3) is 4.88. The highest BCUT2D eigenvalue weighted by molar-refractivity contribution is 5.48. The second kappa shape index (κ2) is 5.07. The van der Waals surface area contributed by atoms with Gasteiger partial charge in [-0.2, -0.15) is 0 Å². The van der Waals surface area contributed by atoms with E-state index in [-0.39, 0.29) is 12.3 Å². The summed E-state index contributed by atoms with van der Waals surface area (Å²) < 4.78 is 39.5. The van der Waals surface area contributed by atoms with Gasteiger partial charge in [-0.15, -0.1) is 13.2 Å². The van der Waals surface area contributed by atoms with Crippen LogP contribution in [0, 0.1) is 0 Å². The Morgan fingerprint density at radius 1 is 1.44 bits per heavy atom. The minimum absolute atomic E-state index is 0.259. The van der Waals surface area contributed by atoms with Gasteiger partial charge in [-0.25, -0.2) is 0 Å². The van der Waals surface area contributed by atoms with Crippen molar-refractivity contribution in [1.82, 2.24) is 0 Å². The Morgan fingerprint density at radius 2 is 2.12 bits per heavy atom. The van der Waals surface area contributed by atoms with E-state index in [0.29, 0.717) is 5.69 Å². The molecule has 0 heterocycles. The van der Waals surface area contributed by atoms with Crippen LogP contribution in [-0.4, -0.2) is 24.1 Å². The Balaban J connectivity index is 2.64. The minimum atomic E-state index is -4.69. The van der Waals surface area contributed by atoms with E-state index in [1.807, 2.05) is 0 Å². The maximum Gasteiger partial charge on any atom is 0.573 e. The van der Waals surface area contributed by atoms with E-state index in [4.69, 9.17) is 5.11 Å². The summed E-state index contributed by atoms with van der Waals surface area (Å²) in [5.41, 5.74) is 0.461. The van der Waals surface area contributed by atoms with E-state index < -0.39 is 12.5 Å². The first kappa shape index (κ1) is 12.6. The van der Waals surface area contributed by atoms with Crippen LogP contribution in [0.2, 0.25) is 0 Å². The van der Waals surface area contributed by atoms with Gasteiger partial charge in [0.05, 0.1) is 6.10 Å². The standard InChI is InChI=1S/C10H12F3NO2/c1-7(15)6-14-8-3-2-4-9(5-8)16-10(11,12)13/h2-5,7,14-15H,6H2,1H3/t7-/m0/s1. The summed E-state index contributed by atoms with van der Waals surface area (Å²) >= 11 is 0. The van der Waals surface area contributed by atoms with Crippen molar-refractivity contribution in [1.29, 1.82) is 0 Å². The smallest absolute Gasteiger partial charge is 0.406 e. The Bertz CT molecular complexity index is 339. The molecule has 0 saturated carbocycles. The van der Waals surface area contributed by atoms with Gasteiger partial charge in [-0.1, -0.05) is 6.07 Å². The highest BCUT2D eigenvalue weighted by Crippen LogP contribution is 2.24. The van der Waals surface area contributed by atoms with Crippen LogP contribution >= 0.6 is 0 Å². The molecule has 1 aromatic carbocycles. The minimum Gasteiger partial charge on any atom is -0.406 e. The number of hydrogen-bond donors (Lipinski definition) is 2. The summed E-state index contributed by atoms with van der Waals surface area (Å²) in [6, 6.07) is 5.45. The largest absolute Gasteiger partial charge is 0.573 e. The number of aliphatic hydroxyl groups excluding tert-OH is 1. The molecule has 0 fully saturated rings. The molecule has 3 nitrogen and oxygen atoms in total. The molecule has 1 aromatic rings. The van der Waals surface area contributed by atoms with Crippen molar-refractivity contribution in [3.8, 4) is 5.75 Å². The first-order chi connectivity index (χ1) is 7.37. The SMILES string of the molecule is C[C@H](O)CNc1cccc(OC(F)(F)F)c1. The van der Waals surface area contributed by atoms with E-state index in [2.05, 4.69) is 10.1 Å². The molecule has 90 valence electrons. The van der Waals surface area contributed by atoms with Crippen molar-refractivity contribution in [3.05, 3.63) is 24.3 Å². The van der Waals surface area contributed by atoms with Crippen LogP contribution in [-0.2, 0) is 0 Å². The Kier molecular flexibility index (Phi) is 4.00. The molecule has 2 N–H and O–H groups in total. The molecular formula is C10H12F3NO2. The average Bonchev–Trinajstić information content (AvgIpc) is 2.12. The van der Waals surface area contributed by atoms with E-state index >= 15 is 0 Å². The molecule has 0 aliphatic heterocycles. The fraction of sp³-hybridized carbons (Fsp3) is 0.400. The van der Waals surface area contributed by atoms with Gasteiger partial charge in [-0.3, -0.25) is 0 Å². The lowest BCUT2D eigenvalue weighted by molar-refractivity contribution is -0.274. The zero-order valence-corrected chi connectivity index (χ0v) is 8.58. The van der Waals surface area contributed by atoms with Gasteiger partial charge in [0.15, 0.2) is 0 Å². The second-order valence-electron chi connectivity index (χ2n) is 3.31. The Labute approximate surface area is 90.8 Å². The lowest BCUT2D eigenvalue weighted by atomic mass is 10.3. The van der Waals surface area contributed by atoms with Crippen molar-refractivity contribution >= 4 is 5.69 Å². The van der Waals surface area contributed by atoms with Gasteiger partial charge in [0.25, 0.3) is 0 Å². The summed E-state index contributed by atoms with van der Waals surface area (Å²) in [5.74, 6) is -0.289. The van der Waals surface area contributed by atoms with Crippen molar-refractivity contribution < 1.29 is 23.0 Å². The Morgan fingerprint density at radius 3 is 2.69 bits per heavy atom. The van der Waals surface area contributed by atoms with Crippen LogP contribution in [0.15, 0.2) is 24.3 Å². The predicted molar refractivity (Wildman–Crippen MR) is 53.3 cm³/mol. The summed E-state index contributed by atoms with van der Waals surface area (Å²) in [5, 5.41) is 11.8. The average molecular weight is 235 g/mol. The molecule has 0 aromatic heterocycles. The number of alkyl halides is 3. The highest BCUT2D eigenvalue weighted by atomic mass is 19.4. The molecule has 0 amide bonds. The first-order valence-electron chi connectivity index (χ1n) is 4.64. The topological polar surface area (TPSA) is 41.5 Å². The summed E-state index contributed by atoms with van der Waals surface area (Å²) in [6.45, 7) is 1.83. The molecule has 0 bridgehead atoms. The third-order valence-electron chi connectivity index (χ3n) is 1.67. The van der Waals surface area contributed by atoms with Crippen LogP contribution in [0.4, 0.5) is 18.9 Å². The fourth-order valence-corrected chi connectivity index (χ4v) is 1.07. The summed E-state index contributed by atoms with van der Waals surface area (Å²) in [6.07, 6.45) is -5.27. The zero-order chi connectivity index (χ0) is 12.2. The Hall–Kier alpha value is -1.43. The van der Waals surface area contributed by atoms with Crippen molar-refractivity contribution in [2.75, 3.05) is 11.9 Å². The molecule has 0 aliphatic carbocycles. The van der Waals surface area contributed by atoms with Gasteiger partial charge in [-0.05, 0) is 19.1 Å². The van der Waals surface area contributed by atoms with Crippen molar-refractivity contribution in [2.45, 2.75) is 19.4 Å². The van der Waals surface area contributed by atoms with Crippen molar-refractivity contribution in [2.24, 2.45) is 0 Å². The molecule has 0 aliphatic rings. The first-order valence-corrected chi connectivity index (χ1v) is 4.64. The molecular weight excluding hydrogens is 223 g/mol. The van der Waals surface area contributed by atoms with Crippen LogP contribution in [0.5, 0.6) is 5.75 Å². The zero-order valence-electron chi connectivity index (χ0n) is 8.58. The number of ether oxygens (including phenoxy) is 1. The molecule has 0 spiro atoms. The monoisotopic (exact) mass is 235 g/mol. The molecule has 6 heteroatoms. The van der Waals surface area contributed by atoms with Gasteiger partial charge < -0.3 is 15.2 Å². The number of halogens is 3.